The molecule has 1 fully saturated rings. The molecule has 25 heavy (non-hydrogen) atoms. The second kappa shape index (κ2) is 6.96. The molecule has 0 saturated carbocycles. The number of H-pyrrole nitrogens is 2. The van der Waals surface area contributed by atoms with Crippen molar-refractivity contribution in [2.45, 2.75) is 25.8 Å². The third kappa shape index (κ3) is 3.59. The van der Waals surface area contributed by atoms with E-state index in [9.17, 15) is 9.59 Å². The van der Waals surface area contributed by atoms with Crippen molar-refractivity contribution in [3.05, 3.63) is 26.9 Å². The van der Waals surface area contributed by atoms with Crippen LogP contribution in [0.25, 0.3) is 0 Å². The molecule has 3 heterocycles. The van der Waals surface area contributed by atoms with Gasteiger partial charge in [-0.25, -0.2) is 14.9 Å². The van der Waals surface area contributed by atoms with Gasteiger partial charge in [0, 0.05) is 30.3 Å². The number of thiazole rings is 1. The Hall–Kier alpha value is -2.20. The molecule has 2 aliphatic rings. The van der Waals surface area contributed by atoms with Gasteiger partial charge < -0.3 is 15.0 Å². The number of carbonyl (C=O) groups excluding carboxylic acids is 1. The van der Waals surface area contributed by atoms with Gasteiger partial charge in [-0.15, -0.1) is 11.3 Å². The number of aromatic nitrogens is 4. The second-order valence-corrected chi connectivity index (χ2v) is 7.31. The number of hydrogen-bond acceptors (Lipinski definition) is 7. The fourth-order valence-electron chi connectivity index (χ4n) is 3.18. The summed E-state index contributed by atoms with van der Waals surface area (Å²) in [4.78, 5) is 34.3. The van der Waals surface area contributed by atoms with Crippen molar-refractivity contribution in [3.63, 3.8) is 0 Å². The summed E-state index contributed by atoms with van der Waals surface area (Å²) in [7, 11) is 0. The molecule has 1 saturated heterocycles. The zero-order chi connectivity index (χ0) is 17.2. The Bertz CT molecular complexity index is 806. The van der Waals surface area contributed by atoms with Gasteiger partial charge in [0.2, 0.25) is 5.91 Å². The molecule has 0 aromatic carbocycles. The van der Waals surface area contributed by atoms with Gasteiger partial charge in [0.25, 0.3) is 0 Å². The van der Waals surface area contributed by atoms with Crippen LogP contribution in [0.15, 0.2) is 4.79 Å². The average Bonchev–Trinajstić information content (AvgIpc) is 3.25. The number of nitrogens with one attached hydrogen (secondary N) is 3. The van der Waals surface area contributed by atoms with Crippen LogP contribution in [0.2, 0.25) is 0 Å². The van der Waals surface area contributed by atoms with Crippen molar-refractivity contribution in [3.8, 4) is 0 Å². The van der Waals surface area contributed by atoms with Crippen LogP contribution >= 0.6 is 11.3 Å². The average molecular weight is 364 g/mol. The number of ether oxygens (including phenoxy) is 1. The Morgan fingerprint density at radius 3 is 3.00 bits per heavy atom. The Morgan fingerprint density at radius 1 is 1.40 bits per heavy atom. The first-order valence-electron chi connectivity index (χ1n) is 8.41. The Labute approximate surface area is 147 Å². The van der Waals surface area contributed by atoms with E-state index in [0.29, 0.717) is 12.2 Å². The number of aromatic amines is 2. The minimum absolute atomic E-state index is 0.0181. The molecule has 4 rings (SSSR count). The SMILES string of the molecule is O=C(NCc1n[nH]c(=O)[nH]1)C1CCc2sc(N3CCOCC3)nc2C1. The van der Waals surface area contributed by atoms with Crippen molar-refractivity contribution < 1.29 is 9.53 Å². The summed E-state index contributed by atoms with van der Waals surface area (Å²) in [6, 6.07) is 0. The van der Waals surface area contributed by atoms with Crippen LogP contribution in [-0.4, -0.2) is 52.4 Å². The van der Waals surface area contributed by atoms with E-state index in [1.54, 1.807) is 11.3 Å². The van der Waals surface area contributed by atoms with E-state index in [1.165, 1.54) is 4.88 Å². The van der Waals surface area contributed by atoms with Gasteiger partial charge in [-0.2, -0.15) is 5.10 Å². The van der Waals surface area contributed by atoms with Gasteiger partial charge in [-0.3, -0.25) is 9.78 Å². The highest BCUT2D eigenvalue weighted by Crippen LogP contribution is 2.34. The molecule has 134 valence electrons. The first-order chi connectivity index (χ1) is 12.2. The molecule has 1 atom stereocenters. The molecule has 2 aromatic rings. The van der Waals surface area contributed by atoms with Gasteiger partial charge in [0.1, 0.15) is 5.82 Å². The molecular weight excluding hydrogens is 344 g/mol. The lowest BCUT2D eigenvalue weighted by atomic mass is 9.90. The van der Waals surface area contributed by atoms with Gasteiger partial charge in [0.05, 0.1) is 25.5 Å². The van der Waals surface area contributed by atoms with E-state index in [2.05, 4.69) is 25.4 Å². The van der Waals surface area contributed by atoms with Crippen LogP contribution < -0.4 is 15.9 Å². The molecule has 0 bridgehead atoms. The largest absolute Gasteiger partial charge is 0.378 e. The van der Waals surface area contributed by atoms with Crippen molar-refractivity contribution in [1.82, 2.24) is 25.5 Å². The number of morpholine rings is 1. The van der Waals surface area contributed by atoms with Crippen LogP contribution in [0.3, 0.4) is 0 Å². The number of rotatable bonds is 4. The molecule has 9 nitrogen and oxygen atoms in total. The van der Waals surface area contributed by atoms with E-state index < -0.39 is 0 Å². The Morgan fingerprint density at radius 2 is 2.24 bits per heavy atom. The molecule has 2 aromatic heterocycles. The van der Waals surface area contributed by atoms with Crippen molar-refractivity contribution in [1.29, 1.82) is 0 Å². The van der Waals surface area contributed by atoms with E-state index in [-0.39, 0.29) is 24.1 Å². The van der Waals surface area contributed by atoms with Crippen LogP contribution in [-0.2, 0) is 28.9 Å². The highest BCUT2D eigenvalue weighted by Gasteiger charge is 2.28. The third-order valence-corrected chi connectivity index (χ3v) is 5.78. The summed E-state index contributed by atoms with van der Waals surface area (Å²) < 4.78 is 5.39. The summed E-state index contributed by atoms with van der Waals surface area (Å²) in [5.74, 6) is 0.325. The second-order valence-electron chi connectivity index (χ2n) is 6.25. The Kier molecular flexibility index (Phi) is 4.53. The van der Waals surface area contributed by atoms with E-state index in [4.69, 9.17) is 9.72 Å². The number of hydrogen-bond donors (Lipinski definition) is 3. The van der Waals surface area contributed by atoms with E-state index in [0.717, 1.165) is 50.0 Å². The van der Waals surface area contributed by atoms with Crippen molar-refractivity contribution >= 4 is 22.4 Å². The third-order valence-electron chi connectivity index (χ3n) is 4.56. The van der Waals surface area contributed by atoms with Crippen molar-refractivity contribution in [2.24, 2.45) is 5.92 Å². The van der Waals surface area contributed by atoms with Crippen LogP contribution in [0.5, 0.6) is 0 Å². The molecule has 0 radical (unpaired) electrons. The zero-order valence-electron chi connectivity index (χ0n) is 13.7. The number of amides is 1. The minimum Gasteiger partial charge on any atom is -0.378 e. The molecule has 3 N–H and O–H groups in total. The lowest BCUT2D eigenvalue weighted by molar-refractivity contribution is -0.125. The lowest BCUT2D eigenvalue weighted by Gasteiger charge is -2.26. The standard InChI is InChI=1S/C15H20N6O3S/c22-13(16-8-12-18-14(23)20-19-12)9-1-2-11-10(7-9)17-15(25-11)21-3-5-24-6-4-21/h9H,1-8H2,(H,16,22)(H2,18,19,20,23). The fourth-order valence-corrected chi connectivity index (χ4v) is 4.34. The van der Waals surface area contributed by atoms with Crippen molar-refractivity contribution in [2.75, 3.05) is 31.2 Å². The van der Waals surface area contributed by atoms with Gasteiger partial charge in [-0.1, -0.05) is 0 Å². The number of aryl methyl sites for hydroxylation is 1. The molecule has 0 spiro atoms. The summed E-state index contributed by atoms with van der Waals surface area (Å²) in [5, 5.41) is 9.96. The predicted octanol–water partition coefficient (Wildman–Crippen LogP) is -0.188. The topological polar surface area (TPSA) is 116 Å². The molecular formula is C15H20N6O3S. The minimum atomic E-state index is -0.371. The maximum atomic E-state index is 12.4. The highest BCUT2D eigenvalue weighted by molar-refractivity contribution is 7.15. The normalized spacial score (nSPS) is 20.3. The number of nitrogens with zero attached hydrogens (tertiary/aromatic N) is 3. The molecule has 1 aliphatic heterocycles. The van der Waals surface area contributed by atoms with Crippen LogP contribution in [0, 0.1) is 5.92 Å². The van der Waals surface area contributed by atoms with E-state index >= 15 is 0 Å². The molecule has 10 heteroatoms. The van der Waals surface area contributed by atoms with Crippen LogP contribution in [0.1, 0.15) is 22.8 Å². The first kappa shape index (κ1) is 16.3. The maximum absolute atomic E-state index is 12.4. The first-order valence-corrected chi connectivity index (χ1v) is 9.23. The molecule has 1 aliphatic carbocycles. The van der Waals surface area contributed by atoms with Crippen LogP contribution in [0.4, 0.5) is 5.13 Å². The molecule has 1 unspecified atom stereocenters. The predicted molar refractivity (Wildman–Crippen MR) is 91.7 cm³/mol. The number of carbonyl (C=O) groups is 1. The monoisotopic (exact) mass is 364 g/mol. The summed E-state index contributed by atoms with van der Waals surface area (Å²) in [5.41, 5.74) is 0.677. The summed E-state index contributed by atoms with van der Waals surface area (Å²) in [6.45, 7) is 3.45. The van der Waals surface area contributed by atoms with Gasteiger partial charge in [-0.05, 0) is 12.8 Å². The Balaban J connectivity index is 1.37. The smallest absolute Gasteiger partial charge is 0.340 e. The quantitative estimate of drug-likeness (QED) is 0.693. The van der Waals surface area contributed by atoms with Gasteiger partial charge >= 0.3 is 5.69 Å². The number of anilines is 1. The summed E-state index contributed by atoms with van der Waals surface area (Å²) in [6.07, 6.45) is 2.37. The van der Waals surface area contributed by atoms with E-state index in [1.807, 2.05) is 0 Å². The highest BCUT2D eigenvalue weighted by atomic mass is 32.1. The summed E-state index contributed by atoms with van der Waals surface area (Å²) >= 11 is 1.74. The maximum Gasteiger partial charge on any atom is 0.340 e. The lowest BCUT2D eigenvalue weighted by Crippen LogP contribution is -2.36. The zero-order valence-corrected chi connectivity index (χ0v) is 14.5. The molecule has 1 amide bonds. The fraction of sp³-hybridized carbons (Fsp3) is 0.600. The van der Waals surface area contributed by atoms with Gasteiger partial charge in [0.15, 0.2) is 5.13 Å². The number of fused-ring (bicyclic) bond motifs is 1.